The summed E-state index contributed by atoms with van der Waals surface area (Å²) < 4.78 is 4.74. The molecule has 0 rings (SSSR count). The predicted molar refractivity (Wildman–Crippen MR) is 62.6 cm³/mol. The fourth-order valence-corrected chi connectivity index (χ4v) is 1.07. The van der Waals surface area contributed by atoms with Gasteiger partial charge in [-0.05, 0) is 31.3 Å². The lowest BCUT2D eigenvalue weighted by atomic mass is 10.0. The standard InChI is InChI=1S/C13H22O2/c1-6-7-8-12(13(14)15-5)9-11(4)10(2)3/h10H,6-8H2,1-5H3. The molecule has 2 nitrogen and oxygen atoms in total. The number of hydrogen-bond donors (Lipinski definition) is 0. The van der Waals surface area contributed by atoms with Crippen molar-refractivity contribution in [2.24, 2.45) is 5.92 Å². The molecule has 0 radical (unpaired) electrons. The Morgan fingerprint density at radius 3 is 2.40 bits per heavy atom. The molecular formula is C13H22O2. The molecule has 0 saturated heterocycles. The van der Waals surface area contributed by atoms with E-state index in [4.69, 9.17) is 4.74 Å². The molecule has 0 spiro atoms. The highest BCUT2D eigenvalue weighted by molar-refractivity contribution is 5.88. The van der Waals surface area contributed by atoms with Crippen LogP contribution in [0.2, 0.25) is 0 Å². The van der Waals surface area contributed by atoms with E-state index in [9.17, 15) is 4.79 Å². The van der Waals surface area contributed by atoms with Crippen LogP contribution in [0.5, 0.6) is 0 Å². The Labute approximate surface area is 93.0 Å². The van der Waals surface area contributed by atoms with Gasteiger partial charge in [-0.15, -0.1) is 5.73 Å². The second-order valence-corrected chi connectivity index (χ2v) is 4.04. The van der Waals surface area contributed by atoms with Crippen molar-refractivity contribution >= 4 is 5.97 Å². The highest BCUT2D eigenvalue weighted by Gasteiger charge is 2.08. The predicted octanol–water partition coefficient (Wildman–Crippen LogP) is 3.48. The first kappa shape index (κ1) is 14.0. The average Bonchev–Trinajstić information content (AvgIpc) is 2.22. The molecule has 0 atom stereocenters. The first-order chi connectivity index (χ1) is 7.02. The molecule has 0 saturated carbocycles. The number of carbonyl (C=O) groups excluding carboxylic acids is 1. The van der Waals surface area contributed by atoms with Crippen LogP contribution in [0.15, 0.2) is 16.9 Å². The van der Waals surface area contributed by atoms with E-state index < -0.39 is 0 Å². The van der Waals surface area contributed by atoms with Gasteiger partial charge >= 0.3 is 5.97 Å². The van der Waals surface area contributed by atoms with Gasteiger partial charge < -0.3 is 4.74 Å². The first-order valence-electron chi connectivity index (χ1n) is 5.57. The van der Waals surface area contributed by atoms with Crippen LogP contribution in [-0.4, -0.2) is 13.1 Å². The van der Waals surface area contributed by atoms with E-state index in [0.29, 0.717) is 11.5 Å². The number of unbranched alkanes of at least 4 members (excludes halogenated alkanes) is 1. The Balaban J connectivity index is 4.91. The Kier molecular flexibility index (Phi) is 6.81. The van der Waals surface area contributed by atoms with Gasteiger partial charge in [0, 0.05) is 0 Å². The zero-order valence-corrected chi connectivity index (χ0v) is 10.5. The van der Waals surface area contributed by atoms with Crippen molar-refractivity contribution in [3.05, 3.63) is 16.9 Å². The quantitative estimate of drug-likeness (QED) is 0.394. The van der Waals surface area contributed by atoms with Gasteiger partial charge in [0.15, 0.2) is 0 Å². The summed E-state index contributed by atoms with van der Waals surface area (Å²) >= 11 is 0. The summed E-state index contributed by atoms with van der Waals surface area (Å²) in [5.41, 5.74) is 4.94. The minimum absolute atomic E-state index is 0.247. The number of methoxy groups -OCH3 is 1. The maximum Gasteiger partial charge on any atom is 0.341 e. The smallest absolute Gasteiger partial charge is 0.341 e. The number of esters is 1. The maximum absolute atomic E-state index is 11.4. The molecule has 0 fully saturated rings. The van der Waals surface area contributed by atoms with E-state index in [1.165, 1.54) is 7.11 Å². The fourth-order valence-electron chi connectivity index (χ4n) is 1.07. The number of carbonyl (C=O) groups is 1. The van der Waals surface area contributed by atoms with Gasteiger partial charge in [-0.1, -0.05) is 27.2 Å². The molecule has 0 N–H and O–H groups in total. The topological polar surface area (TPSA) is 26.3 Å². The van der Waals surface area contributed by atoms with Crippen molar-refractivity contribution < 1.29 is 9.53 Å². The molecule has 15 heavy (non-hydrogen) atoms. The van der Waals surface area contributed by atoms with Crippen molar-refractivity contribution in [3.63, 3.8) is 0 Å². The molecule has 0 aromatic rings. The largest absolute Gasteiger partial charge is 0.465 e. The Bertz CT molecular complexity index is 268. The van der Waals surface area contributed by atoms with Crippen LogP contribution in [0.1, 0.15) is 47.0 Å². The third-order valence-corrected chi connectivity index (χ3v) is 2.43. The lowest BCUT2D eigenvalue weighted by molar-refractivity contribution is -0.136. The molecule has 0 heterocycles. The van der Waals surface area contributed by atoms with Crippen LogP contribution in [0.25, 0.3) is 0 Å². The molecule has 0 bridgehead atoms. The zero-order chi connectivity index (χ0) is 11.8. The van der Waals surface area contributed by atoms with E-state index in [1.807, 2.05) is 6.92 Å². The lowest BCUT2D eigenvalue weighted by Gasteiger charge is -2.04. The highest BCUT2D eigenvalue weighted by Crippen LogP contribution is 2.12. The minimum Gasteiger partial charge on any atom is -0.465 e. The third-order valence-electron chi connectivity index (χ3n) is 2.43. The van der Waals surface area contributed by atoms with Crippen molar-refractivity contribution in [3.8, 4) is 0 Å². The number of hydrogen-bond acceptors (Lipinski definition) is 2. The lowest BCUT2D eigenvalue weighted by Crippen LogP contribution is -2.04. The second kappa shape index (κ2) is 7.30. The normalized spacial score (nSPS) is 9.73. The summed E-state index contributed by atoms with van der Waals surface area (Å²) in [7, 11) is 1.42. The van der Waals surface area contributed by atoms with Gasteiger partial charge in [-0.3, -0.25) is 0 Å². The highest BCUT2D eigenvalue weighted by atomic mass is 16.5. The first-order valence-corrected chi connectivity index (χ1v) is 5.57. The summed E-state index contributed by atoms with van der Waals surface area (Å²) in [6, 6.07) is 0. The summed E-state index contributed by atoms with van der Waals surface area (Å²) in [4.78, 5) is 11.4. The van der Waals surface area contributed by atoms with Gasteiger partial charge in [0.05, 0.1) is 12.7 Å². The molecule has 86 valence electrons. The Morgan fingerprint density at radius 1 is 1.40 bits per heavy atom. The van der Waals surface area contributed by atoms with E-state index in [-0.39, 0.29) is 5.97 Å². The van der Waals surface area contributed by atoms with E-state index >= 15 is 0 Å². The molecule has 0 aliphatic carbocycles. The Hall–Kier alpha value is -1.01. The summed E-state index contributed by atoms with van der Waals surface area (Å²) in [5.74, 6) is 0.176. The van der Waals surface area contributed by atoms with Crippen LogP contribution >= 0.6 is 0 Å². The van der Waals surface area contributed by atoms with Crippen molar-refractivity contribution in [1.29, 1.82) is 0 Å². The van der Waals surface area contributed by atoms with Crippen LogP contribution in [0, 0.1) is 5.92 Å². The SMILES string of the molecule is CCCCC(=C=C(C)C(C)C)C(=O)OC. The summed E-state index contributed by atoms with van der Waals surface area (Å²) in [5, 5.41) is 0. The number of rotatable bonds is 5. The summed E-state index contributed by atoms with van der Waals surface area (Å²) in [6.45, 7) is 8.29. The maximum atomic E-state index is 11.4. The van der Waals surface area contributed by atoms with Crippen molar-refractivity contribution in [2.45, 2.75) is 47.0 Å². The van der Waals surface area contributed by atoms with Gasteiger partial charge in [-0.2, -0.15) is 0 Å². The van der Waals surface area contributed by atoms with Gasteiger partial charge in [-0.25, -0.2) is 4.79 Å². The van der Waals surface area contributed by atoms with Crippen molar-refractivity contribution in [1.82, 2.24) is 0 Å². The second-order valence-electron chi connectivity index (χ2n) is 4.04. The van der Waals surface area contributed by atoms with E-state index in [0.717, 1.165) is 24.8 Å². The monoisotopic (exact) mass is 210 g/mol. The van der Waals surface area contributed by atoms with Gasteiger partial charge in [0.2, 0.25) is 0 Å². The average molecular weight is 210 g/mol. The van der Waals surface area contributed by atoms with E-state index in [1.54, 1.807) is 0 Å². The molecular weight excluding hydrogens is 188 g/mol. The fraction of sp³-hybridized carbons (Fsp3) is 0.692. The van der Waals surface area contributed by atoms with Crippen LogP contribution in [0.3, 0.4) is 0 Å². The van der Waals surface area contributed by atoms with Gasteiger partial charge in [0.25, 0.3) is 0 Å². The molecule has 0 aliphatic heterocycles. The molecule has 0 aromatic carbocycles. The van der Waals surface area contributed by atoms with E-state index in [2.05, 4.69) is 26.5 Å². The summed E-state index contributed by atoms with van der Waals surface area (Å²) in [6.07, 6.45) is 2.83. The molecule has 2 heteroatoms. The third kappa shape index (κ3) is 5.44. The minimum atomic E-state index is -0.247. The molecule has 0 aliphatic rings. The van der Waals surface area contributed by atoms with Crippen LogP contribution < -0.4 is 0 Å². The molecule has 0 amide bonds. The van der Waals surface area contributed by atoms with Crippen LogP contribution in [-0.2, 0) is 9.53 Å². The molecule has 0 aromatic heterocycles. The number of ether oxygens (including phenoxy) is 1. The van der Waals surface area contributed by atoms with Crippen LogP contribution in [0.4, 0.5) is 0 Å². The van der Waals surface area contributed by atoms with Crippen molar-refractivity contribution in [2.75, 3.05) is 7.11 Å². The Morgan fingerprint density at radius 2 is 2.00 bits per heavy atom. The zero-order valence-electron chi connectivity index (χ0n) is 10.5. The molecule has 0 unspecified atom stereocenters. The van der Waals surface area contributed by atoms with Gasteiger partial charge in [0.1, 0.15) is 0 Å².